The molecule has 21 heavy (non-hydrogen) atoms. The first-order chi connectivity index (χ1) is 9.70. The van der Waals surface area contributed by atoms with Crippen molar-refractivity contribution in [3.63, 3.8) is 0 Å². The molecule has 1 aromatic rings. The van der Waals surface area contributed by atoms with Gasteiger partial charge in [-0.15, -0.1) is 0 Å². The Labute approximate surface area is 121 Å². The Morgan fingerprint density at radius 1 is 1.24 bits per heavy atom. The van der Waals surface area contributed by atoms with E-state index in [0.717, 1.165) is 12.8 Å². The zero-order valence-electron chi connectivity index (χ0n) is 11.5. The van der Waals surface area contributed by atoms with Crippen LogP contribution in [-0.4, -0.2) is 32.3 Å². The number of likely N-dealkylation sites (tertiary alicyclic amines) is 1. The average Bonchev–Trinajstić information content (AvgIpc) is 2.40. The molecular formula is C13H16F2N2O3S. The summed E-state index contributed by atoms with van der Waals surface area (Å²) in [4.78, 5) is 13.1. The van der Waals surface area contributed by atoms with E-state index >= 15 is 0 Å². The van der Waals surface area contributed by atoms with Gasteiger partial charge in [-0.25, -0.2) is 22.3 Å². The largest absolute Gasteiger partial charge is 0.339 e. The van der Waals surface area contributed by atoms with Gasteiger partial charge < -0.3 is 4.90 Å². The van der Waals surface area contributed by atoms with Gasteiger partial charge in [0, 0.05) is 13.1 Å². The molecule has 0 bridgehead atoms. The number of nitrogens with two attached hydrogens (primary N) is 1. The lowest BCUT2D eigenvalue weighted by Crippen LogP contribution is -2.38. The summed E-state index contributed by atoms with van der Waals surface area (Å²) >= 11 is 0. The standard InChI is InChI=1S/C13H16F2N2O3S/c1-8-2-4-17(5-3-8)13(18)9-6-10(14)11(15)7-12(9)21(16,19)20/h6-8H,2-5H2,1H3,(H2,16,19,20). The molecule has 2 rings (SSSR count). The number of nitrogens with zero attached hydrogens (tertiary/aromatic N) is 1. The number of sulfonamides is 1. The average molecular weight is 318 g/mol. The molecule has 1 fully saturated rings. The summed E-state index contributed by atoms with van der Waals surface area (Å²) in [6.45, 7) is 2.95. The number of amides is 1. The molecule has 0 aromatic heterocycles. The van der Waals surface area contributed by atoms with Crippen molar-refractivity contribution in [3.8, 4) is 0 Å². The highest BCUT2D eigenvalue weighted by molar-refractivity contribution is 7.89. The number of primary sulfonamides is 1. The van der Waals surface area contributed by atoms with Gasteiger partial charge in [0.1, 0.15) is 0 Å². The van der Waals surface area contributed by atoms with Gasteiger partial charge in [-0.2, -0.15) is 0 Å². The maximum Gasteiger partial charge on any atom is 0.255 e. The number of carbonyl (C=O) groups excluding carboxylic acids is 1. The normalized spacial score (nSPS) is 17.0. The van der Waals surface area contributed by atoms with Crippen LogP contribution in [-0.2, 0) is 10.0 Å². The summed E-state index contributed by atoms with van der Waals surface area (Å²) in [7, 11) is -4.32. The van der Waals surface area contributed by atoms with Crippen molar-refractivity contribution in [1.82, 2.24) is 4.90 Å². The zero-order valence-corrected chi connectivity index (χ0v) is 12.3. The maximum absolute atomic E-state index is 13.4. The number of benzene rings is 1. The van der Waals surface area contributed by atoms with Gasteiger partial charge in [0.15, 0.2) is 11.6 Å². The number of piperidine rings is 1. The van der Waals surface area contributed by atoms with E-state index in [4.69, 9.17) is 5.14 Å². The molecule has 1 aliphatic heterocycles. The molecule has 2 N–H and O–H groups in total. The summed E-state index contributed by atoms with van der Waals surface area (Å²) in [6.07, 6.45) is 1.56. The van der Waals surface area contributed by atoms with E-state index in [1.807, 2.05) is 0 Å². The van der Waals surface area contributed by atoms with Crippen LogP contribution in [0.4, 0.5) is 8.78 Å². The van der Waals surface area contributed by atoms with Crippen LogP contribution in [0.1, 0.15) is 30.1 Å². The van der Waals surface area contributed by atoms with E-state index in [1.165, 1.54) is 4.90 Å². The summed E-state index contributed by atoms with van der Waals surface area (Å²) in [5, 5.41) is 4.98. The van der Waals surface area contributed by atoms with E-state index in [2.05, 4.69) is 6.92 Å². The predicted octanol–water partition coefficient (Wildman–Crippen LogP) is 1.48. The van der Waals surface area contributed by atoms with Gasteiger partial charge in [0.25, 0.3) is 5.91 Å². The fourth-order valence-corrected chi connectivity index (χ4v) is 3.03. The van der Waals surface area contributed by atoms with Crippen LogP contribution in [0.2, 0.25) is 0 Å². The number of rotatable bonds is 2. The summed E-state index contributed by atoms with van der Waals surface area (Å²) < 4.78 is 49.5. The van der Waals surface area contributed by atoms with Gasteiger partial charge in [-0.3, -0.25) is 4.79 Å². The van der Waals surface area contributed by atoms with Crippen LogP contribution in [0.15, 0.2) is 17.0 Å². The van der Waals surface area contributed by atoms with Crippen LogP contribution in [0, 0.1) is 17.6 Å². The van der Waals surface area contributed by atoms with Crippen LogP contribution in [0.5, 0.6) is 0 Å². The summed E-state index contributed by atoms with van der Waals surface area (Å²) in [5.74, 6) is -2.82. The second kappa shape index (κ2) is 5.69. The molecule has 1 saturated heterocycles. The molecule has 8 heteroatoms. The molecule has 0 unspecified atom stereocenters. The molecular weight excluding hydrogens is 302 g/mol. The van der Waals surface area contributed by atoms with Crippen molar-refractivity contribution in [2.75, 3.05) is 13.1 Å². The maximum atomic E-state index is 13.4. The molecule has 0 saturated carbocycles. The van der Waals surface area contributed by atoms with Gasteiger partial charge in [-0.05, 0) is 30.9 Å². The molecule has 1 aliphatic rings. The topological polar surface area (TPSA) is 80.5 Å². The Morgan fingerprint density at radius 3 is 2.29 bits per heavy atom. The monoisotopic (exact) mass is 318 g/mol. The van der Waals surface area contributed by atoms with E-state index in [-0.39, 0.29) is 0 Å². The highest BCUT2D eigenvalue weighted by Gasteiger charge is 2.28. The highest BCUT2D eigenvalue weighted by atomic mass is 32.2. The first kappa shape index (κ1) is 15.8. The van der Waals surface area contributed by atoms with E-state index in [1.54, 1.807) is 0 Å². The Kier molecular flexibility index (Phi) is 4.29. The number of hydrogen-bond donors (Lipinski definition) is 1. The molecule has 0 atom stereocenters. The van der Waals surface area contributed by atoms with Gasteiger partial charge in [0.05, 0.1) is 10.5 Å². The van der Waals surface area contributed by atoms with E-state index in [0.29, 0.717) is 31.1 Å². The number of halogens is 2. The van der Waals surface area contributed by atoms with Crippen molar-refractivity contribution in [3.05, 3.63) is 29.3 Å². The minimum Gasteiger partial charge on any atom is -0.339 e. The lowest BCUT2D eigenvalue weighted by atomic mass is 9.98. The van der Waals surface area contributed by atoms with Crippen molar-refractivity contribution in [1.29, 1.82) is 0 Å². The van der Waals surface area contributed by atoms with E-state index in [9.17, 15) is 22.0 Å². The molecule has 5 nitrogen and oxygen atoms in total. The minimum atomic E-state index is -4.32. The third kappa shape index (κ3) is 3.38. The fourth-order valence-electron chi connectivity index (χ4n) is 2.31. The van der Waals surface area contributed by atoms with Gasteiger partial charge in [0.2, 0.25) is 10.0 Å². The first-order valence-corrected chi connectivity index (χ1v) is 8.06. The van der Waals surface area contributed by atoms with Crippen LogP contribution < -0.4 is 5.14 Å². The SMILES string of the molecule is CC1CCN(C(=O)c2cc(F)c(F)cc2S(N)(=O)=O)CC1. The molecule has 0 spiro atoms. The zero-order chi connectivity index (χ0) is 15.8. The highest BCUT2D eigenvalue weighted by Crippen LogP contribution is 2.23. The second-order valence-corrected chi connectivity index (χ2v) is 6.81. The smallest absolute Gasteiger partial charge is 0.255 e. The Balaban J connectivity index is 2.43. The van der Waals surface area contributed by atoms with Crippen molar-refractivity contribution >= 4 is 15.9 Å². The number of carbonyl (C=O) groups is 1. The lowest BCUT2D eigenvalue weighted by Gasteiger charge is -2.30. The second-order valence-electron chi connectivity index (χ2n) is 5.28. The van der Waals surface area contributed by atoms with Crippen molar-refractivity contribution in [2.45, 2.75) is 24.7 Å². The summed E-state index contributed by atoms with van der Waals surface area (Å²) in [6, 6.07) is 1.04. The Bertz CT molecular complexity index is 668. The van der Waals surface area contributed by atoms with Crippen molar-refractivity contribution < 1.29 is 22.0 Å². The predicted molar refractivity (Wildman–Crippen MR) is 72.0 cm³/mol. The molecule has 1 aromatic carbocycles. The molecule has 0 aliphatic carbocycles. The van der Waals surface area contributed by atoms with Crippen LogP contribution in [0.25, 0.3) is 0 Å². The third-order valence-electron chi connectivity index (χ3n) is 3.63. The molecule has 116 valence electrons. The Morgan fingerprint density at radius 2 is 1.76 bits per heavy atom. The first-order valence-electron chi connectivity index (χ1n) is 6.51. The molecule has 1 heterocycles. The quantitative estimate of drug-likeness (QED) is 0.897. The lowest BCUT2D eigenvalue weighted by molar-refractivity contribution is 0.0692. The van der Waals surface area contributed by atoms with Crippen LogP contribution >= 0.6 is 0 Å². The minimum absolute atomic E-state index is 0.425. The van der Waals surface area contributed by atoms with Crippen molar-refractivity contribution in [2.24, 2.45) is 11.1 Å². The molecule has 0 radical (unpaired) electrons. The number of hydrogen-bond acceptors (Lipinski definition) is 3. The van der Waals surface area contributed by atoms with Gasteiger partial charge >= 0.3 is 0 Å². The van der Waals surface area contributed by atoms with Crippen LogP contribution in [0.3, 0.4) is 0 Å². The summed E-state index contributed by atoms with van der Waals surface area (Å²) in [5.41, 5.74) is -0.425. The Hall–Kier alpha value is -1.54. The van der Waals surface area contributed by atoms with Gasteiger partial charge in [-0.1, -0.05) is 6.92 Å². The third-order valence-corrected chi connectivity index (χ3v) is 4.58. The molecule has 1 amide bonds. The van der Waals surface area contributed by atoms with E-state index < -0.39 is 38.0 Å². The fraction of sp³-hybridized carbons (Fsp3) is 0.462.